The maximum absolute atomic E-state index is 12.4. The van der Waals surface area contributed by atoms with Gasteiger partial charge in [0.2, 0.25) is 0 Å². The van der Waals surface area contributed by atoms with Gasteiger partial charge >= 0.3 is 0 Å². The Kier molecular flexibility index (Phi) is 4.11. The van der Waals surface area contributed by atoms with Gasteiger partial charge in [0.15, 0.2) is 0 Å². The average Bonchev–Trinajstić information content (AvgIpc) is 2.38. The van der Waals surface area contributed by atoms with E-state index < -0.39 is 10.0 Å². The van der Waals surface area contributed by atoms with Crippen LogP contribution in [0.1, 0.15) is 16.7 Å². The lowest BCUT2D eigenvalue weighted by Gasteiger charge is -2.11. The summed E-state index contributed by atoms with van der Waals surface area (Å²) in [7, 11) is -3.56. The van der Waals surface area contributed by atoms with E-state index in [-0.39, 0.29) is 0 Å². The minimum Gasteiger partial charge on any atom is -0.326 e. The van der Waals surface area contributed by atoms with Gasteiger partial charge in [0.05, 0.1) is 4.90 Å². The molecule has 2 rings (SSSR count). The average molecular weight is 290 g/mol. The Labute approximate surface area is 119 Å². The first-order valence-electron chi connectivity index (χ1n) is 6.31. The third-order valence-corrected chi connectivity index (χ3v) is 4.60. The maximum atomic E-state index is 12.4. The molecule has 0 bridgehead atoms. The Morgan fingerprint density at radius 3 is 2.25 bits per heavy atom. The number of hydrogen-bond donors (Lipinski definition) is 2. The highest BCUT2D eigenvalue weighted by atomic mass is 32.2. The molecule has 2 aromatic rings. The third-order valence-electron chi connectivity index (χ3n) is 3.06. The van der Waals surface area contributed by atoms with E-state index in [1.807, 2.05) is 13.0 Å². The van der Waals surface area contributed by atoms with Crippen molar-refractivity contribution in [1.82, 2.24) is 0 Å². The molecule has 5 heteroatoms. The summed E-state index contributed by atoms with van der Waals surface area (Å²) >= 11 is 0. The van der Waals surface area contributed by atoms with Gasteiger partial charge in [-0.05, 0) is 43.2 Å². The van der Waals surface area contributed by atoms with Crippen LogP contribution in [0.5, 0.6) is 0 Å². The minimum atomic E-state index is -3.56. The Balaban J connectivity index is 2.30. The molecule has 0 fully saturated rings. The predicted molar refractivity (Wildman–Crippen MR) is 81.1 cm³/mol. The first-order chi connectivity index (χ1) is 9.42. The second kappa shape index (κ2) is 5.64. The summed E-state index contributed by atoms with van der Waals surface area (Å²) in [6.07, 6.45) is 0. The Morgan fingerprint density at radius 2 is 1.70 bits per heavy atom. The van der Waals surface area contributed by atoms with Gasteiger partial charge in [-0.15, -0.1) is 0 Å². The molecule has 106 valence electrons. The largest absolute Gasteiger partial charge is 0.326 e. The van der Waals surface area contributed by atoms with Crippen molar-refractivity contribution in [2.75, 3.05) is 4.72 Å². The van der Waals surface area contributed by atoms with Crippen LogP contribution in [0.15, 0.2) is 47.4 Å². The predicted octanol–water partition coefficient (Wildman–Crippen LogP) is 2.56. The molecular weight excluding hydrogens is 272 g/mol. The van der Waals surface area contributed by atoms with Gasteiger partial charge in [-0.25, -0.2) is 8.42 Å². The molecule has 0 saturated carbocycles. The molecule has 0 aliphatic rings. The van der Waals surface area contributed by atoms with Gasteiger partial charge in [0.1, 0.15) is 0 Å². The van der Waals surface area contributed by atoms with Crippen LogP contribution < -0.4 is 10.5 Å². The normalized spacial score (nSPS) is 11.3. The highest BCUT2D eigenvalue weighted by molar-refractivity contribution is 7.92. The van der Waals surface area contributed by atoms with Crippen molar-refractivity contribution in [2.24, 2.45) is 5.73 Å². The Morgan fingerprint density at radius 1 is 1.05 bits per heavy atom. The van der Waals surface area contributed by atoms with Crippen LogP contribution in [-0.4, -0.2) is 8.42 Å². The van der Waals surface area contributed by atoms with Crippen LogP contribution in [0, 0.1) is 13.8 Å². The van der Waals surface area contributed by atoms with E-state index in [1.54, 1.807) is 43.3 Å². The molecule has 0 heterocycles. The minimum absolute atomic E-state index is 0.297. The number of aryl methyl sites for hydroxylation is 2. The summed E-state index contributed by atoms with van der Waals surface area (Å²) in [5.41, 5.74) is 8.77. The van der Waals surface area contributed by atoms with Crippen molar-refractivity contribution in [1.29, 1.82) is 0 Å². The summed E-state index contributed by atoms with van der Waals surface area (Å²) in [6, 6.07) is 12.3. The van der Waals surface area contributed by atoms with E-state index in [0.29, 0.717) is 17.1 Å². The van der Waals surface area contributed by atoms with Crippen molar-refractivity contribution in [3.05, 3.63) is 59.2 Å². The van der Waals surface area contributed by atoms with Gasteiger partial charge in [-0.1, -0.05) is 29.8 Å². The molecule has 3 N–H and O–H groups in total. The van der Waals surface area contributed by atoms with E-state index >= 15 is 0 Å². The second-order valence-corrected chi connectivity index (χ2v) is 6.43. The molecule has 0 unspecified atom stereocenters. The molecule has 0 radical (unpaired) electrons. The van der Waals surface area contributed by atoms with Gasteiger partial charge in [-0.3, -0.25) is 4.72 Å². The topological polar surface area (TPSA) is 72.2 Å². The van der Waals surface area contributed by atoms with Crippen LogP contribution >= 0.6 is 0 Å². The lowest BCUT2D eigenvalue weighted by atomic mass is 10.2. The van der Waals surface area contributed by atoms with E-state index in [9.17, 15) is 8.42 Å². The van der Waals surface area contributed by atoms with Crippen molar-refractivity contribution in [3.8, 4) is 0 Å². The highest BCUT2D eigenvalue weighted by Gasteiger charge is 2.16. The quantitative estimate of drug-likeness (QED) is 0.909. The summed E-state index contributed by atoms with van der Waals surface area (Å²) in [6.45, 7) is 4.16. The van der Waals surface area contributed by atoms with Crippen LogP contribution in [0.2, 0.25) is 0 Å². The van der Waals surface area contributed by atoms with Crippen LogP contribution in [0.25, 0.3) is 0 Å². The second-order valence-electron chi connectivity index (χ2n) is 4.78. The lowest BCUT2D eigenvalue weighted by Crippen LogP contribution is -2.14. The van der Waals surface area contributed by atoms with E-state index in [0.717, 1.165) is 16.7 Å². The molecule has 0 amide bonds. The van der Waals surface area contributed by atoms with Crippen molar-refractivity contribution < 1.29 is 8.42 Å². The maximum Gasteiger partial charge on any atom is 0.262 e. The van der Waals surface area contributed by atoms with Crippen LogP contribution in [0.4, 0.5) is 5.69 Å². The standard InChI is InChI=1S/C15H18N2O2S/c1-11-3-8-15(12(2)9-11)20(18,19)17-14-6-4-13(10-16)5-7-14/h3-9,17H,10,16H2,1-2H3. The highest BCUT2D eigenvalue weighted by Crippen LogP contribution is 2.20. The summed E-state index contributed by atoms with van der Waals surface area (Å²) in [5, 5.41) is 0. The van der Waals surface area contributed by atoms with Gasteiger partial charge in [-0.2, -0.15) is 0 Å². The number of anilines is 1. The molecule has 0 aliphatic heterocycles. The zero-order valence-corrected chi connectivity index (χ0v) is 12.4. The molecule has 2 aromatic carbocycles. The zero-order chi connectivity index (χ0) is 14.8. The number of hydrogen-bond acceptors (Lipinski definition) is 3. The summed E-state index contributed by atoms with van der Waals surface area (Å²) in [4.78, 5) is 0.297. The fraction of sp³-hybridized carbons (Fsp3) is 0.200. The third kappa shape index (κ3) is 3.18. The molecule has 4 nitrogen and oxygen atoms in total. The fourth-order valence-corrected chi connectivity index (χ4v) is 3.31. The number of rotatable bonds is 4. The fourth-order valence-electron chi connectivity index (χ4n) is 2.02. The zero-order valence-electron chi connectivity index (χ0n) is 11.6. The van der Waals surface area contributed by atoms with Crippen molar-refractivity contribution in [2.45, 2.75) is 25.3 Å². The lowest BCUT2D eigenvalue weighted by molar-refractivity contribution is 0.600. The van der Waals surface area contributed by atoms with Gasteiger partial charge < -0.3 is 5.73 Å². The molecule has 0 aromatic heterocycles. The molecule has 0 spiro atoms. The first kappa shape index (κ1) is 14.6. The molecule has 0 atom stereocenters. The smallest absolute Gasteiger partial charge is 0.262 e. The van der Waals surface area contributed by atoms with Crippen LogP contribution in [-0.2, 0) is 16.6 Å². The molecule has 0 aliphatic carbocycles. The molecule has 0 saturated heterocycles. The number of nitrogens with one attached hydrogen (secondary N) is 1. The molecular formula is C15H18N2O2S. The summed E-state index contributed by atoms with van der Waals surface area (Å²) in [5.74, 6) is 0. The van der Waals surface area contributed by atoms with E-state index in [2.05, 4.69) is 4.72 Å². The van der Waals surface area contributed by atoms with Gasteiger partial charge in [0.25, 0.3) is 10.0 Å². The monoisotopic (exact) mass is 290 g/mol. The van der Waals surface area contributed by atoms with E-state index in [1.165, 1.54) is 0 Å². The van der Waals surface area contributed by atoms with Gasteiger partial charge in [0, 0.05) is 12.2 Å². The van der Waals surface area contributed by atoms with Crippen molar-refractivity contribution >= 4 is 15.7 Å². The SMILES string of the molecule is Cc1ccc(S(=O)(=O)Nc2ccc(CN)cc2)c(C)c1. The number of sulfonamides is 1. The first-order valence-corrected chi connectivity index (χ1v) is 7.80. The number of nitrogens with two attached hydrogens (primary N) is 1. The van der Waals surface area contributed by atoms with E-state index in [4.69, 9.17) is 5.73 Å². The van der Waals surface area contributed by atoms with Crippen molar-refractivity contribution in [3.63, 3.8) is 0 Å². The number of benzene rings is 2. The Bertz CT molecular complexity index is 707. The summed E-state index contributed by atoms with van der Waals surface area (Å²) < 4.78 is 27.3. The molecule has 20 heavy (non-hydrogen) atoms. The van der Waals surface area contributed by atoms with Crippen LogP contribution in [0.3, 0.4) is 0 Å². The Hall–Kier alpha value is -1.85.